The van der Waals surface area contributed by atoms with Gasteiger partial charge in [-0.3, -0.25) is 4.79 Å². The number of amides is 1. The van der Waals surface area contributed by atoms with E-state index in [9.17, 15) is 4.79 Å². The SMILES string of the molecule is COc1ccc(/C=C/C(=O)NC(C)c2cc(C)ccc2C)c(OC)c1OC. The van der Waals surface area contributed by atoms with Gasteiger partial charge in [0, 0.05) is 11.6 Å². The smallest absolute Gasteiger partial charge is 0.244 e. The molecule has 1 amide bonds. The van der Waals surface area contributed by atoms with E-state index >= 15 is 0 Å². The molecule has 0 fully saturated rings. The van der Waals surface area contributed by atoms with E-state index in [0.29, 0.717) is 17.2 Å². The van der Waals surface area contributed by atoms with E-state index in [4.69, 9.17) is 14.2 Å². The first-order valence-corrected chi connectivity index (χ1v) is 8.76. The number of aryl methyl sites for hydroxylation is 2. The molecule has 144 valence electrons. The standard InChI is InChI=1S/C22H27NO4/c1-14-7-8-15(2)18(13-14)16(3)23-20(24)12-10-17-9-11-19(25-4)22(27-6)21(17)26-5/h7-13,16H,1-6H3,(H,23,24)/b12-10+. The second-order valence-electron chi connectivity index (χ2n) is 6.35. The quantitative estimate of drug-likeness (QED) is 0.743. The number of hydrogen-bond acceptors (Lipinski definition) is 4. The summed E-state index contributed by atoms with van der Waals surface area (Å²) in [6.45, 7) is 6.06. The molecule has 0 aliphatic carbocycles. The van der Waals surface area contributed by atoms with Gasteiger partial charge in [0.25, 0.3) is 0 Å². The minimum Gasteiger partial charge on any atom is -0.493 e. The molecule has 5 nitrogen and oxygen atoms in total. The maximum Gasteiger partial charge on any atom is 0.244 e. The lowest BCUT2D eigenvalue weighted by atomic mass is 10.00. The van der Waals surface area contributed by atoms with Crippen molar-refractivity contribution < 1.29 is 19.0 Å². The summed E-state index contributed by atoms with van der Waals surface area (Å²) in [4.78, 5) is 12.4. The van der Waals surface area contributed by atoms with Crippen LogP contribution >= 0.6 is 0 Å². The van der Waals surface area contributed by atoms with Gasteiger partial charge in [-0.2, -0.15) is 0 Å². The van der Waals surface area contributed by atoms with Crippen LogP contribution in [0.25, 0.3) is 6.08 Å². The molecule has 5 heteroatoms. The van der Waals surface area contributed by atoms with E-state index in [1.807, 2.05) is 26.8 Å². The molecule has 0 heterocycles. The van der Waals surface area contributed by atoms with Crippen LogP contribution in [-0.4, -0.2) is 27.2 Å². The molecular weight excluding hydrogens is 342 g/mol. The van der Waals surface area contributed by atoms with E-state index in [1.54, 1.807) is 33.5 Å². The molecule has 27 heavy (non-hydrogen) atoms. The van der Waals surface area contributed by atoms with Crippen LogP contribution in [0.4, 0.5) is 0 Å². The molecule has 0 aliphatic heterocycles. The number of hydrogen-bond donors (Lipinski definition) is 1. The van der Waals surface area contributed by atoms with Crippen molar-refractivity contribution in [2.45, 2.75) is 26.8 Å². The predicted molar refractivity (Wildman–Crippen MR) is 108 cm³/mol. The van der Waals surface area contributed by atoms with Crippen molar-refractivity contribution in [1.29, 1.82) is 0 Å². The van der Waals surface area contributed by atoms with Crippen LogP contribution < -0.4 is 19.5 Å². The molecule has 1 atom stereocenters. The van der Waals surface area contributed by atoms with Gasteiger partial charge in [-0.05, 0) is 50.1 Å². The minimum absolute atomic E-state index is 0.0886. The summed E-state index contributed by atoms with van der Waals surface area (Å²) in [5.41, 5.74) is 4.16. The fourth-order valence-electron chi connectivity index (χ4n) is 2.99. The van der Waals surface area contributed by atoms with E-state index in [2.05, 4.69) is 23.5 Å². The Bertz CT molecular complexity index is 842. The van der Waals surface area contributed by atoms with Crippen molar-refractivity contribution >= 4 is 12.0 Å². The average Bonchev–Trinajstić information content (AvgIpc) is 2.66. The van der Waals surface area contributed by atoms with Gasteiger partial charge in [0.15, 0.2) is 11.5 Å². The predicted octanol–water partition coefficient (Wildman–Crippen LogP) is 4.22. The molecule has 0 saturated carbocycles. The summed E-state index contributed by atoms with van der Waals surface area (Å²) in [6.07, 6.45) is 3.19. The van der Waals surface area contributed by atoms with E-state index in [1.165, 1.54) is 11.6 Å². The highest BCUT2D eigenvalue weighted by Gasteiger charge is 2.15. The first-order chi connectivity index (χ1) is 12.9. The molecule has 0 aromatic heterocycles. The molecule has 2 rings (SSSR count). The van der Waals surface area contributed by atoms with E-state index in [0.717, 1.165) is 16.7 Å². The third kappa shape index (κ3) is 4.82. The highest BCUT2D eigenvalue weighted by molar-refractivity contribution is 5.92. The maximum absolute atomic E-state index is 12.4. The van der Waals surface area contributed by atoms with Crippen LogP contribution in [0.2, 0.25) is 0 Å². The molecule has 0 bridgehead atoms. The Morgan fingerprint density at radius 3 is 2.33 bits per heavy atom. The molecular formula is C22H27NO4. The Balaban J connectivity index is 2.18. The number of carbonyl (C=O) groups is 1. The normalized spacial score (nSPS) is 11.9. The first kappa shape index (κ1) is 20.4. The summed E-state index contributed by atoms with van der Waals surface area (Å²) in [5, 5.41) is 3.00. The maximum atomic E-state index is 12.4. The van der Waals surface area contributed by atoms with E-state index in [-0.39, 0.29) is 11.9 Å². The fourth-order valence-corrected chi connectivity index (χ4v) is 2.99. The van der Waals surface area contributed by atoms with Crippen molar-refractivity contribution in [2.75, 3.05) is 21.3 Å². The number of ether oxygens (including phenoxy) is 3. The van der Waals surface area contributed by atoms with Gasteiger partial charge in [-0.15, -0.1) is 0 Å². The topological polar surface area (TPSA) is 56.8 Å². The Hall–Kier alpha value is -2.95. The fraction of sp³-hybridized carbons (Fsp3) is 0.318. The molecule has 0 radical (unpaired) electrons. The highest BCUT2D eigenvalue weighted by Crippen LogP contribution is 2.40. The first-order valence-electron chi connectivity index (χ1n) is 8.76. The van der Waals surface area contributed by atoms with E-state index < -0.39 is 0 Å². The lowest BCUT2D eigenvalue weighted by Gasteiger charge is -2.16. The Labute approximate surface area is 161 Å². The largest absolute Gasteiger partial charge is 0.493 e. The van der Waals surface area contributed by atoms with Crippen LogP contribution in [-0.2, 0) is 4.79 Å². The lowest BCUT2D eigenvalue weighted by Crippen LogP contribution is -2.25. The molecule has 0 spiro atoms. The Kier molecular flexibility index (Phi) is 6.88. The number of rotatable bonds is 7. The molecule has 1 N–H and O–H groups in total. The monoisotopic (exact) mass is 369 g/mol. The number of methoxy groups -OCH3 is 3. The van der Waals surface area contributed by atoms with Crippen LogP contribution in [0.5, 0.6) is 17.2 Å². The van der Waals surface area contributed by atoms with Crippen LogP contribution in [0.1, 0.15) is 35.2 Å². The second-order valence-corrected chi connectivity index (χ2v) is 6.35. The van der Waals surface area contributed by atoms with Gasteiger partial charge in [0.2, 0.25) is 11.7 Å². The van der Waals surface area contributed by atoms with Gasteiger partial charge >= 0.3 is 0 Å². The summed E-state index contributed by atoms with van der Waals surface area (Å²) in [6, 6.07) is 9.74. The van der Waals surface area contributed by atoms with Crippen molar-refractivity contribution in [3.63, 3.8) is 0 Å². The third-order valence-corrected chi connectivity index (χ3v) is 4.41. The zero-order valence-corrected chi connectivity index (χ0v) is 16.8. The van der Waals surface area contributed by atoms with Gasteiger partial charge in [-0.1, -0.05) is 23.8 Å². The summed E-state index contributed by atoms with van der Waals surface area (Å²) in [5.74, 6) is 1.40. The van der Waals surface area contributed by atoms with Crippen LogP contribution in [0.15, 0.2) is 36.4 Å². The zero-order valence-electron chi connectivity index (χ0n) is 16.8. The lowest BCUT2D eigenvalue weighted by molar-refractivity contribution is -0.117. The van der Waals surface area contributed by atoms with Gasteiger partial charge in [0.05, 0.1) is 27.4 Å². The van der Waals surface area contributed by atoms with Crippen molar-refractivity contribution in [3.05, 3.63) is 58.7 Å². The summed E-state index contributed by atoms with van der Waals surface area (Å²) < 4.78 is 16.1. The van der Waals surface area contributed by atoms with Crippen LogP contribution in [0.3, 0.4) is 0 Å². The van der Waals surface area contributed by atoms with Crippen molar-refractivity contribution in [2.24, 2.45) is 0 Å². The van der Waals surface area contributed by atoms with Gasteiger partial charge in [0.1, 0.15) is 0 Å². The number of nitrogens with one attached hydrogen (secondary N) is 1. The molecule has 1 unspecified atom stereocenters. The van der Waals surface area contributed by atoms with Crippen molar-refractivity contribution in [1.82, 2.24) is 5.32 Å². The van der Waals surface area contributed by atoms with Gasteiger partial charge < -0.3 is 19.5 Å². The van der Waals surface area contributed by atoms with Crippen LogP contribution in [0, 0.1) is 13.8 Å². The molecule has 2 aromatic carbocycles. The highest BCUT2D eigenvalue weighted by atomic mass is 16.5. The number of carbonyl (C=O) groups excluding carboxylic acids is 1. The number of benzene rings is 2. The van der Waals surface area contributed by atoms with Crippen molar-refractivity contribution in [3.8, 4) is 17.2 Å². The average molecular weight is 369 g/mol. The summed E-state index contributed by atoms with van der Waals surface area (Å²) >= 11 is 0. The molecule has 0 saturated heterocycles. The second kappa shape index (κ2) is 9.12. The zero-order chi connectivity index (χ0) is 20.0. The Morgan fingerprint density at radius 1 is 1.00 bits per heavy atom. The molecule has 2 aromatic rings. The third-order valence-electron chi connectivity index (χ3n) is 4.41. The Morgan fingerprint density at radius 2 is 1.70 bits per heavy atom. The summed E-state index contributed by atoms with van der Waals surface area (Å²) in [7, 11) is 4.67. The minimum atomic E-state index is -0.180. The molecule has 0 aliphatic rings. The van der Waals surface area contributed by atoms with Gasteiger partial charge in [-0.25, -0.2) is 0 Å².